The van der Waals surface area contributed by atoms with E-state index in [0.717, 1.165) is 0 Å². The first-order valence-corrected chi connectivity index (χ1v) is 4.90. The van der Waals surface area contributed by atoms with Crippen LogP contribution in [0, 0.1) is 10.1 Å². The van der Waals surface area contributed by atoms with Crippen LogP contribution in [-0.2, 0) is 6.42 Å². The molecule has 0 saturated carbocycles. The molecule has 1 unspecified atom stereocenters. The van der Waals surface area contributed by atoms with E-state index in [9.17, 15) is 20.3 Å². The van der Waals surface area contributed by atoms with Gasteiger partial charge in [-0.05, 0) is 18.1 Å². The SMILES string of the molecule is CCC(O)Cc1ccc(O)c([N+](=O)[O-])c1N. The van der Waals surface area contributed by atoms with Crippen LogP contribution in [0.5, 0.6) is 5.75 Å². The van der Waals surface area contributed by atoms with Crippen LogP contribution >= 0.6 is 0 Å². The predicted octanol–water partition coefficient (Wildman–Crippen LogP) is 1.20. The standard InChI is InChI=1S/C10H14N2O4/c1-2-7(13)5-6-3-4-8(14)10(9(6)11)12(15)16/h3-4,7,13-14H,2,5,11H2,1H3. The Morgan fingerprint density at radius 1 is 1.56 bits per heavy atom. The third-order valence-electron chi connectivity index (χ3n) is 2.40. The number of aromatic hydroxyl groups is 1. The van der Waals surface area contributed by atoms with Crippen molar-refractivity contribution in [3.63, 3.8) is 0 Å². The average molecular weight is 226 g/mol. The van der Waals surface area contributed by atoms with Crippen LogP contribution in [-0.4, -0.2) is 21.2 Å². The molecule has 1 atom stereocenters. The van der Waals surface area contributed by atoms with Crippen molar-refractivity contribution in [2.45, 2.75) is 25.9 Å². The molecule has 16 heavy (non-hydrogen) atoms. The highest BCUT2D eigenvalue weighted by Gasteiger charge is 2.21. The zero-order chi connectivity index (χ0) is 12.3. The first-order valence-electron chi connectivity index (χ1n) is 4.90. The number of anilines is 1. The third kappa shape index (κ3) is 2.40. The number of aliphatic hydroxyl groups is 1. The molecule has 0 saturated heterocycles. The molecule has 0 bridgehead atoms. The zero-order valence-electron chi connectivity index (χ0n) is 8.88. The molecule has 0 spiro atoms. The summed E-state index contributed by atoms with van der Waals surface area (Å²) in [6.07, 6.45) is 0.184. The lowest BCUT2D eigenvalue weighted by Gasteiger charge is -2.10. The highest BCUT2D eigenvalue weighted by atomic mass is 16.6. The smallest absolute Gasteiger partial charge is 0.333 e. The number of nitrogens with two attached hydrogens (primary N) is 1. The van der Waals surface area contributed by atoms with Crippen molar-refractivity contribution in [2.75, 3.05) is 5.73 Å². The Balaban J connectivity index is 3.13. The van der Waals surface area contributed by atoms with E-state index in [1.165, 1.54) is 12.1 Å². The van der Waals surface area contributed by atoms with E-state index < -0.39 is 22.5 Å². The van der Waals surface area contributed by atoms with Gasteiger partial charge in [-0.25, -0.2) is 0 Å². The molecule has 6 nitrogen and oxygen atoms in total. The Bertz CT molecular complexity index is 406. The van der Waals surface area contributed by atoms with Crippen molar-refractivity contribution in [1.29, 1.82) is 0 Å². The van der Waals surface area contributed by atoms with E-state index in [2.05, 4.69) is 0 Å². The number of phenolic OH excluding ortho intramolecular Hbond substituents is 1. The third-order valence-corrected chi connectivity index (χ3v) is 2.40. The highest BCUT2D eigenvalue weighted by Crippen LogP contribution is 2.35. The highest BCUT2D eigenvalue weighted by molar-refractivity contribution is 5.69. The van der Waals surface area contributed by atoms with Gasteiger partial charge in [0.15, 0.2) is 5.75 Å². The first kappa shape index (κ1) is 12.3. The number of hydrogen-bond acceptors (Lipinski definition) is 5. The number of hydrogen-bond donors (Lipinski definition) is 3. The number of rotatable bonds is 4. The zero-order valence-corrected chi connectivity index (χ0v) is 8.88. The molecule has 0 amide bonds. The lowest BCUT2D eigenvalue weighted by Crippen LogP contribution is -2.11. The van der Waals surface area contributed by atoms with Gasteiger partial charge in [0.05, 0.1) is 11.0 Å². The van der Waals surface area contributed by atoms with Gasteiger partial charge in [0.2, 0.25) is 0 Å². The fraction of sp³-hybridized carbons (Fsp3) is 0.400. The quantitative estimate of drug-likeness (QED) is 0.406. The number of phenols is 1. The van der Waals surface area contributed by atoms with E-state index in [0.29, 0.717) is 12.0 Å². The minimum atomic E-state index is -0.730. The maximum Gasteiger partial charge on any atom is 0.333 e. The first-order chi connectivity index (χ1) is 7.47. The monoisotopic (exact) mass is 226 g/mol. The minimum Gasteiger partial charge on any atom is -0.502 e. The molecule has 0 aliphatic heterocycles. The van der Waals surface area contributed by atoms with Crippen LogP contribution in [0.2, 0.25) is 0 Å². The van der Waals surface area contributed by atoms with Crippen molar-refractivity contribution < 1.29 is 15.1 Å². The second kappa shape index (κ2) is 4.80. The maximum absolute atomic E-state index is 10.7. The molecular weight excluding hydrogens is 212 g/mol. The summed E-state index contributed by atoms with van der Waals surface area (Å²) in [6, 6.07) is 2.70. The number of nitrogens with zero attached hydrogens (tertiary/aromatic N) is 1. The van der Waals surface area contributed by atoms with Crippen molar-refractivity contribution in [2.24, 2.45) is 0 Å². The van der Waals surface area contributed by atoms with E-state index in [1.54, 1.807) is 6.92 Å². The van der Waals surface area contributed by atoms with Crippen molar-refractivity contribution >= 4 is 11.4 Å². The molecule has 0 aliphatic carbocycles. The van der Waals surface area contributed by atoms with Crippen molar-refractivity contribution in [1.82, 2.24) is 0 Å². The Morgan fingerprint density at radius 3 is 2.69 bits per heavy atom. The minimum absolute atomic E-state index is 0.0856. The molecule has 0 heterocycles. The number of nitrogen functional groups attached to an aromatic ring is 1. The van der Waals surface area contributed by atoms with Gasteiger partial charge in [-0.15, -0.1) is 0 Å². The van der Waals surface area contributed by atoms with E-state index in [1.807, 2.05) is 0 Å². The van der Waals surface area contributed by atoms with Gasteiger partial charge in [-0.2, -0.15) is 0 Å². The van der Waals surface area contributed by atoms with Crippen molar-refractivity contribution in [3.05, 3.63) is 27.8 Å². The Morgan fingerprint density at radius 2 is 2.19 bits per heavy atom. The van der Waals surface area contributed by atoms with Gasteiger partial charge < -0.3 is 15.9 Å². The summed E-state index contributed by atoms with van der Waals surface area (Å²) < 4.78 is 0. The summed E-state index contributed by atoms with van der Waals surface area (Å²) >= 11 is 0. The molecule has 0 aliphatic rings. The van der Waals surface area contributed by atoms with Crippen molar-refractivity contribution in [3.8, 4) is 5.75 Å². The number of nitro benzene ring substituents is 1. The van der Waals surface area contributed by atoms with Crippen LogP contribution in [0.25, 0.3) is 0 Å². The van der Waals surface area contributed by atoms with Gasteiger partial charge in [-0.3, -0.25) is 10.1 Å². The van der Waals surface area contributed by atoms with Gasteiger partial charge in [-0.1, -0.05) is 13.0 Å². The van der Waals surface area contributed by atoms with Gasteiger partial charge in [0.25, 0.3) is 0 Å². The Hall–Kier alpha value is -1.82. The predicted molar refractivity (Wildman–Crippen MR) is 59.2 cm³/mol. The van der Waals surface area contributed by atoms with Gasteiger partial charge >= 0.3 is 5.69 Å². The van der Waals surface area contributed by atoms with Crippen LogP contribution in [0.1, 0.15) is 18.9 Å². The Labute approximate surface area is 92.5 Å². The second-order valence-corrected chi connectivity index (χ2v) is 3.53. The summed E-state index contributed by atoms with van der Waals surface area (Å²) in [5.41, 5.74) is 5.46. The number of nitro groups is 1. The second-order valence-electron chi connectivity index (χ2n) is 3.53. The largest absolute Gasteiger partial charge is 0.502 e. The van der Waals surface area contributed by atoms with Crippen LogP contribution < -0.4 is 5.73 Å². The Kier molecular flexibility index (Phi) is 3.68. The maximum atomic E-state index is 10.7. The molecular formula is C10H14N2O4. The lowest BCUT2D eigenvalue weighted by molar-refractivity contribution is -0.384. The summed E-state index contributed by atoms with van der Waals surface area (Å²) in [5, 5.41) is 29.4. The molecule has 0 fully saturated rings. The molecule has 6 heteroatoms. The molecule has 1 aromatic carbocycles. The average Bonchev–Trinajstić information content (AvgIpc) is 2.21. The summed E-state index contributed by atoms with van der Waals surface area (Å²) in [5.74, 6) is -0.461. The van der Waals surface area contributed by atoms with E-state index >= 15 is 0 Å². The summed E-state index contributed by atoms with van der Waals surface area (Å²) in [4.78, 5) is 9.92. The molecule has 88 valence electrons. The van der Waals surface area contributed by atoms with Crippen LogP contribution in [0.15, 0.2) is 12.1 Å². The van der Waals surface area contributed by atoms with Gasteiger partial charge in [0, 0.05) is 6.42 Å². The lowest BCUT2D eigenvalue weighted by atomic mass is 10.0. The van der Waals surface area contributed by atoms with E-state index in [-0.39, 0.29) is 12.1 Å². The molecule has 1 rings (SSSR count). The van der Waals surface area contributed by atoms with Crippen LogP contribution in [0.4, 0.5) is 11.4 Å². The topological polar surface area (TPSA) is 110 Å². The summed E-state index contributed by atoms with van der Waals surface area (Å²) in [6.45, 7) is 1.80. The van der Waals surface area contributed by atoms with Crippen LogP contribution in [0.3, 0.4) is 0 Å². The summed E-state index contributed by atoms with van der Waals surface area (Å²) in [7, 11) is 0. The molecule has 0 radical (unpaired) electrons. The fourth-order valence-corrected chi connectivity index (χ4v) is 1.41. The normalized spacial score (nSPS) is 12.4. The molecule has 0 aromatic heterocycles. The fourth-order valence-electron chi connectivity index (χ4n) is 1.41. The molecule has 4 N–H and O–H groups in total. The van der Waals surface area contributed by atoms with Gasteiger partial charge in [0.1, 0.15) is 5.69 Å². The molecule has 1 aromatic rings. The number of benzene rings is 1. The van der Waals surface area contributed by atoms with E-state index in [4.69, 9.17) is 5.73 Å². The number of aliphatic hydroxyl groups excluding tert-OH is 1.